The van der Waals surface area contributed by atoms with Gasteiger partial charge in [0.2, 0.25) is 0 Å². The van der Waals surface area contributed by atoms with Gasteiger partial charge in [-0.25, -0.2) is 0 Å². The number of likely N-dealkylation sites (tertiary alicyclic amines) is 1. The molecule has 1 saturated heterocycles. The van der Waals surface area contributed by atoms with Gasteiger partial charge in [0.25, 0.3) is 0 Å². The molecule has 27 heavy (non-hydrogen) atoms. The molecule has 0 bridgehead atoms. The van der Waals surface area contributed by atoms with E-state index in [2.05, 4.69) is 30.9 Å². The van der Waals surface area contributed by atoms with Crippen molar-refractivity contribution in [1.82, 2.24) is 4.90 Å². The smallest absolute Gasteiger partial charge is 0.126 e. The van der Waals surface area contributed by atoms with Crippen molar-refractivity contribution in [2.45, 2.75) is 50.9 Å². The van der Waals surface area contributed by atoms with Crippen LogP contribution in [0.25, 0.3) is 0 Å². The minimum atomic E-state index is -0.468. The number of nitrogens with zero attached hydrogens (tertiary/aromatic N) is 1. The maximum atomic E-state index is 10.7. The van der Waals surface area contributed by atoms with Crippen LogP contribution in [0.15, 0.2) is 42.5 Å². The second-order valence-corrected chi connectivity index (χ2v) is 8.21. The number of piperidine rings is 1. The van der Waals surface area contributed by atoms with Gasteiger partial charge in [-0.05, 0) is 55.5 Å². The summed E-state index contributed by atoms with van der Waals surface area (Å²) in [5.74, 6) is 0.842. The van der Waals surface area contributed by atoms with Crippen LogP contribution in [0.3, 0.4) is 0 Å². The first-order chi connectivity index (χ1) is 13.0. The molecular formula is C23H29NO3. The number of hydrogen-bond acceptors (Lipinski definition) is 4. The summed E-state index contributed by atoms with van der Waals surface area (Å²) in [6.45, 7) is 6.54. The van der Waals surface area contributed by atoms with Crippen molar-refractivity contribution in [2.24, 2.45) is 0 Å². The fourth-order valence-electron chi connectivity index (χ4n) is 4.37. The third-order valence-electron chi connectivity index (χ3n) is 6.26. The predicted octanol–water partition coefficient (Wildman–Crippen LogP) is 3.69. The van der Waals surface area contributed by atoms with E-state index in [1.807, 2.05) is 30.3 Å². The van der Waals surface area contributed by atoms with Gasteiger partial charge >= 0.3 is 0 Å². The third kappa shape index (κ3) is 3.75. The Morgan fingerprint density at radius 3 is 2.48 bits per heavy atom. The molecule has 2 aliphatic rings. The monoisotopic (exact) mass is 367 g/mol. The molecule has 2 unspecified atom stereocenters. The standard InChI is InChI=1S/C23H29NO3/c1-16-12-19-20(25)14-23(27-22(19)13-17(16)2)8-10-24(11-9-23)15-21(26)18-6-4-3-5-7-18/h3-7,12-13,20-21,25-26H,8-11,14-15H2,1-2H3. The number of hydrogen-bond donors (Lipinski definition) is 2. The molecule has 0 saturated carbocycles. The highest BCUT2D eigenvalue weighted by Crippen LogP contribution is 2.45. The van der Waals surface area contributed by atoms with Crippen LogP contribution in [0.2, 0.25) is 0 Å². The van der Waals surface area contributed by atoms with E-state index in [1.165, 1.54) is 11.1 Å². The van der Waals surface area contributed by atoms with Gasteiger partial charge in [-0.1, -0.05) is 30.3 Å². The Kier molecular flexibility index (Phi) is 4.97. The van der Waals surface area contributed by atoms with Crippen LogP contribution in [0, 0.1) is 13.8 Å². The number of aryl methyl sites for hydroxylation is 2. The minimum absolute atomic E-state index is 0.289. The van der Waals surface area contributed by atoms with E-state index in [0.717, 1.165) is 42.8 Å². The Morgan fingerprint density at radius 1 is 1.11 bits per heavy atom. The highest BCUT2D eigenvalue weighted by Gasteiger charge is 2.43. The Labute approximate surface area is 161 Å². The van der Waals surface area contributed by atoms with Crippen LogP contribution >= 0.6 is 0 Å². The zero-order valence-electron chi connectivity index (χ0n) is 16.2. The first kappa shape index (κ1) is 18.5. The van der Waals surface area contributed by atoms with Gasteiger partial charge in [0.1, 0.15) is 11.4 Å². The molecule has 2 aromatic rings. The van der Waals surface area contributed by atoms with Gasteiger partial charge in [-0.15, -0.1) is 0 Å². The van der Waals surface area contributed by atoms with E-state index in [1.54, 1.807) is 0 Å². The average Bonchev–Trinajstić information content (AvgIpc) is 2.66. The molecule has 144 valence electrons. The van der Waals surface area contributed by atoms with Crippen molar-refractivity contribution in [1.29, 1.82) is 0 Å². The number of ether oxygens (including phenoxy) is 1. The van der Waals surface area contributed by atoms with Gasteiger partial charge in [0, 0.05) is 31.6 Å². The summed E-state index contributed by atoms with van der Waals surface area (Å²) >= 11 is 0. The van der Waals surface area contributed by atoms with Gasteiger partial charge in [0.15, 0.2) is 0 Å². The number of aliphatic hydroxyl groups excluding tert-OH is 2. The van der Waals surface area contributed by atoms with Crippen LogP contribution in [0.4, 0.5) is 0 Å². The number of fused-ring (bicyclic) bond motifs is 1. The second kappa shape index (κ2) is 7.27. The normalized spacial score (nSPS) is 22.9. The zero-order chi connectivity index (χ0) is 19.0. The Bertz CT molecular complexity index is 797. The fraction of sp³-hybridized carbons (Fsp3) is 0.478. The van der Waals surface area contributed by atoms with E-state index in [4.69, 9.17) is 4.74 Å². The lowest BCUT2D eigenvalue weighted by Crippen LogP contribution is -2.51. The molecule has 4 heteroatoms. The number of aliphatic hydroxyl groups is 2. The highest BCUT2D eigenvalue weighted by molar-refractivity contribution is 5.45. The average molecular weight is 367 g/mol. The topological polar surface area (TPSA) is 52.9 Å². The van der Waals surface area contributed by atoms with E-state index >= 15 is 0 Å². The third-order valence-corrected chi connectivity index (χ3v) is 6.26. The van der Waals surface area contributed by atoms with Crippen LogP contribution in [0.5, 0.6) is 5.75 Å². The summed E-state index contributed by atoms with van der Waals surface area (Å²) in [5, 5.41) is 21.2. The Hall–Kier alpha value is -1.88. The van der Waals surface area contributed by atoms with Crippen LogP contribution in [-0.4, -0.2) is 40.3 Å². The second-order valence-electron chi connectivity index (χ2n) is 8.21. The molecule has 2 aliphatic heterocycles. The van der Waals surface area contributed by atoms with Crippen molar-refractivity contribution in [3.05, 3.63) is 64.7 Å². The van der Waals surface area contributed by atoms with E-state index in [0.29, 0.717) is 13.0 Å². The summed E-state index contributed by atoms with van der Waals surface area (Å²) in [4.78, 5) is 2.30. The van der Waals surface area contributed by atoms with Crippen LogP contribution in [0.1, 0.15) is 53.7 Å². The van der Waals surface area contributed by atoms with Crippen molar-refractivity contribution in [3.63, 3.8) is 0 Å². The largest absolute Gasteiger partial charge is 0.487 e. The van der Waals surface area contributed by atoms with Crippen LogP contribution < -0.4 is 4.74 Å². The molecule has 0 aromatic heterocycles. The maximum Gasteiger partial charge on any atom is 0.126 e. The molecule has 4 rings (SSSR count). The lowest BCUT2D eigenvalue weighted by Gasteiger charge is -2.46. The molecule has 1 fully saturated rings. The first-order valence-electron chi connectivity index (χ1n) is 9.89. The fourth-order valence-corrected chi connectivity index (χ4v) is 4.37. The molecule has 0 amide bonds. The first-order valence-corrected chi connectivity index (χ1v) is 9.89. The van der Waals surface area contributed by atoms with Gasteiger partial charge in [-0.3, -0.25) is 0 Å². The number of benzene rings is 2. The minimum Gasteiger partial charge on any atom is -0.487 e. The van der Waals surface area contributed by atoms with Crippen molar-refractivity contribution in [3.8, 4) is 5.75 Å². The van der Waals surface area contributed by atoms with Crippen LogP contribution in [-0.2, 0) is 0 Å². The summed E-state index contributed by atoms with van der Waals surface area (Å²) in [5.41, 5.74) is 3.98. The lowest BCUT2D eigenvalue weighted by atomic mass is 9.81. The highest BCUT2D eigenvalue weighted by atomic mass is 16.5. The maximum absolute atomic E-state index is 10.7. The Balaban J connectivity index is 1.42. The number of β-amino-alcohol motifs (C(OH)–C–C–N with tert-alkyl or cyclic N) is 1. The molecule has 2 aromatic carbocycles. The van der Waals surface area contributed by atoms with E-state index < -0.39 is 12.2 Å². The summed E-state index contributed by atoms with van der Waals surface area (Å²) in [7, 11) is 0. The molecule has 2 heterocycles. The van der Waals surface area contributed by atoms with Crippen molar-refractivity contribution >= 4 is 0 Å². The molecule has 0 aliphatic carbocycles. The molecule has 2 N–H and O–H groups in total. The van der Waals surface area contributed by atoms with Crippen molar-refractivity contribution < 1.29 is 14.9 Å². The number of rotatable bonds is 3. The Morgan fingerprint density at radius 2 is 1.78 bits per heavy atom. The molecule has 1 spiro atoms. The van der Waals surface area contributed by atoms with E-state index in [9.17, 15) is 10.2 Å². The molecular weight excluding hydrogens is 338 g/mol. The molecule has 2 atom stereocenters. The molecule has 4 nitrogen and oxygen atoms in total. The van der Waals surface area contributed by atoms with Crippen molar-refractivity contribution in [2.75, 3.05) is 19.6 Å². The summed E-state index contributed by atoms with van der Waals surface area (Å²) < 4.78 is 6.46. The van der Waals surface area contributed by atoms with Gasteiger partial charge < -0.3 is 19.8 Å². The van der Waals surface area contributed by atoms with Gasteiger partial charge in [0.05, 0.1) is 12.2 Å². The van der Waals surface area contributed by atoms with E-state index in [-0.39, 0.29) is 5.60 Å². The van der Waals surface area contributed by atoms with Gasteiger partial charge in [-0.2, -0.15) is 0 Å². The lowest BCUT2D eigenvalue weighted by molar-refractivity contribution is -0.0588. The summed E-state index contributed by atoms with van der Waals surface area (Å²) in [6, 6.07) is 14.0. The quantitative estimate of drug-likeness (QED) is 0.869. The summed E-state index contributed by atoms with van der Waals surface area (Å²) in [6.07, 6.45) is 1.46. The zero-order valence-corrected chi connectivity index (χ0v) is 16.2. The molecule has 0 radical (unpaired) electrons. The SMILES string of the molecule is Cc1cc2c(cc1C)C(O)CC1(CCN(CC(O)c3ccccc3)CC1)O2. The predicted molar refractivity (Wildman–Crippen MR) is 106 cm³/mol.